The highest BCUT2D eigenvalue weighted by molar-refractivity contribution is 6.07. The highest BCUT2D eigenvalue weighted by atomic mass is 16.2. The number of para-hydroxylation sites is 1. The van der Waals surface area contributed by atoms with Crippen molar-refractivity contribution in [2.75, 3.05) is 5.32 Å². The van der Waals surface area contributed by atoms with Gasteiger partial charge in [0.2, 0.25) is 0 Å². The second kappa shape index (κ2) is 4.85. The van der Waals surface area contributed by atoms with Crippen LogP contribution in [0.1, 0.15) is 30.4 Å². The number of fused-ring (bicyclic) bond motifs is 1. The average molecular weight is 268 g/mol. The summed E-state index contributed by atoms with van der Waals surface area (Å²) in [7, 11) is 0. The van der Waals surface area contributed by atoms with E-state index >= 15 is 0 Å². The Bertz CT molecular complexity index is 754. The van der Waals surface area contributed by atoms with E-state index in [1.807, 2.05) is 61.0 Å². The summed E-state index contributed by atoms with van der Waals surface area (Å²) in [6.07, 6.45) is 1.90. The van der Waals surface area contributed by atoms with Crippen molar-refractivity contribution in [2.45, 2.75) is 19.9 Å². The summed E-state index contributed by atoms with van der Waals surface area (Å²) < 4.78 is 1.93. The third-order valence-electron chi connectivity index (χ3n) is 3.27. The van der Waals surface area contributed by atoms with E-state index in [0.717, 1.165) is 10.9 Å². The molecule has 0 atom stereocenters. The molecule has 0 aliphatic carbocycles. The van der Waals surface area contributed by atoms with Crippen LogP contribution in [0.4, 0.5) is 5.82 Å². The van der Waals surface area contributed by atoms with Crippen LogP contribution >= 0.6 is 0 Å². The normalized spacial score (nSPS) is 11.2. The third-order valence-corrected chi connectivity index (χ3v) is 3.27. The summed E-state index contributed by atoms with van der Waals surface area (Å²) in [5.74, 6) is 0.406. The molecule has 3 rings (SSSR count). The van der Waals surface area contributed by atoms with Crippen LogP contribution in [-0.2, 0) is 0 Å². The van der Waals surface area contributed by atoms with Crippen LogP contribution < -0.4 is 5.32 Å². The lowest BCUT2D eigenvalue weighted by Gasteiger charge is -2.12. The smallest absolute Gasteiger partial charge is 0.273 e. The second-order valence-corrected chi connectivity index (χ2v) is 4.97. The van der Waals surface area contributed by atoms with Crippen LogP contribution in [0.2, 0.25) is 0 Å². The van der Waals surface area contributed by atoms with Crippen molar-refractivity contribution in [1.82, 2.24) is 14.8 Å². The monoisotopic (exact) mass is 268 g/mol. The van der Waals surface area contributed by atoms with E-state index in [9.17, 15) is 4.79 Å². The van der Waals surface area contributed by atoms with Crippen molar-refractivity contribution in [2.24, 2.45) is 0 Å². The van der Waals surface area contributed by atoms with E-state index in [1.54, 1.807) is 0 Å². The number of aromatic nitrogens is 3. The molecule has 20 heavy (non-hydrogen) atoms. The van der Waals surface area contributed by atoms with Gasteiger partial charge in [-0.05, 0) is 38.1 Å². The molecule has 3 aromatic rings. The van der Waals surface area contributed by atoms with Crippen LogP contribution in [-0.4, -0.2) is 20.7 Å². The molecule has 5 nitrogen and oxygen atoms in total. The minimum Gasteiger partial charge on any atom is -0.341 e. The van der Waals surface area contributed by atoms with Gasteiger partial charge in [0.15, 0.2) is 5.82 Å². The molecule has 0 radical (unpaired) electrons. The Hall–Kier alpha value is -2.56. The Kier molecular flexibility index (Phi) is 3.02. The van der Waals surface area contributed by atoms with E-state index < -0.39 is 0 Å². The number of hydrogen-bond acceptors (Lipinski definition) is 2. The van der Waals surface area contributed by atoms with Crippen LogP contribution in [0.3, 0.4) is 0 Å². The number of hydrogen-bond donors (Lipinski definition) is 2. The van der Waals surface area contributed by atoms with E-state index in [2.05, 4.69) is 15.5 Å². The van der Waals surface area contributed by atoms with Gasteiger partial charge in [-0.3, -0.25) is 9.89 Å². The lowest BCUT2D eigenvalue weighted by atomic mass is 10.2. The van der Waals surface area contributed by atoms with Gasteiger partial charge in [0, 0.05) is 17.6 Å². The number of H-pyrrole nitrogens is 1. The van der Waals surface area contributed by atoms with Crippen molar-refractivity contribution in [3.05, 3.63) is 48.3 Å². The van der Waals surface area contributed by atoms with Gasteiger partial charge < -0.3 is 9.88 Å². The number of rotatable bonds is 3. The van der Waals surface area contributed by atoms with Gasteiger partial charge in [-0.2, -0.15) is 5.10 Å². The van der Waals surface area contributed by atoms with Gasteiger partial charge in [-0.1, -0.05) is 12.1 Å². The number of carbonyl (C=O) groups excluding carboxylic acids is 1. The minimum atomic E-state index is -0.152. The largest absolute Gasteiger partial charge is 0.341 e. The predicted octanol–water partition coefficient (Wildman–Crippen LogP) is 3.20. The zero-order valence-electron chi connectivity index (χ0n) is 11.4. The summed E-state index contributed by atoms with van der Waals surface area (Å²) >= 11 is 0. The number of nitrogens with zero attached hydrogens (tertiary/aromatic N) is 2. The second-order valence-electron chi connectivity index (χ2n) is 4.97. The average Bonchev–Trinajstić information content (AvgIpc) is 3.06. The number of nitrogens with one attached hydrogen (secondary N) is 2. The third kappa shape index (κ3) is 2.07. The summed E-state index contributed by atoms with van der Waals surface area (Å²) in [6, 6.07) is 11.6. The molecule has 1 aromatic carbocycles. The summed E-state index contributed by atoms with van der Waals surface area (Å²) in [6.45, 7) is 4.08. The molecule has 1 amide bonds. The Morgan fingerprint density at radius 3 is 2.85 bits per heavy atom. The Balaban J connectivity index is 1.91. The van der Waals surface area contributed by atoms with Crippen LogP contribution in [0, 0.1) is 0 Å². The zero-order valence-corrected chi connectivity index (χ0v) is 11.4. The first kappa shape index (κ1) is 12.5. The molecule has 2 heterocycles. The maximum Gasteiger partial charge on any atom is 0.273 e. The maximum atomic E-state index is 12.4. The van der Waals surface area contributed by atoms with Gasteiger partial charge in [-0.25, -0.2) is 0 Å². The van der Waals surface area contributed by atoms with Crippen molar-refractivity contribution in [3.63, 3.8) is 0 Å². The highest BCUT2D eigenvalue weighted by Crippen LogP contribution is 2.20. The first-order valence-corrected chi connectivity index (χ1v) is 6.58. The molecule has 0 saturated carbocycles. The van der Waals surface area contributed by atoms with E-state index in [4.69, 9.17) is 0 Å². The number of benzene rings is 1. The molecular weight excluding hydrogens is 252 g/mol. The number of aromatic amines is 1. The summed E-state index contributed by atoms with van der Waals surface area (Å²) in [5, 5.41) is 10.8. The number of amides is 1. The number of carbonyl (C=O) groups is 1. The van der Waals surface area contributed by atoms with Crippen molar-refractivity contribution in [3.8, 4) is 0 Å². The van der Waals surface area contributed by atoms with Crippen LogP contribution in [0.25, 0.3) is 10.9 Å². The van der Waals surface area contributed by atoms with Crippen molar-refractivity contribution < 1.29 is 4.79 Å². The quantitative estimate of drug-likeness (QED) is 0.766. The molecule has 0 saturated heterocycles. The topological polar surface area (TPSA) is 62.7 Å². The summed E-state index contributed by atoms with van der Waals surface area (Å²) in [5.41, 5.74) is 1.54. The molecule has 2 N–H and O–H groups in total. The lowest BCUT2D eigenvalue weighted by Crippen LogP contribution is -2.18. The Morgan fingerprint density at radius 2 is 2.05 bits per heavy atom. The summed E-state index contributed by atoms with van der Waals surface area (Å²) in [4.78, 5) is 12.4. The van der Waals surface area contributed by atoms with Crippen molar-refractivity contribution in [1.29, 1.82) is 0 Å². The Labute approximate surface area is 116 Å². The van der Waals surface area contributed by atoms with Gasteiger partial charge in [0.1, 0.15) is 5.69 Å². The highest BCUT2D eigenvalue weighted by Gasteiger charge is 2.15. The van der Waals surface area contributed by atoms with Crippen LogP contribution in [0.15, 0.2) is 42.6 Å². The molecule has 0 unspecified atom stereocenters. The molecule has 5 heteroatoms. The van der Waals surface area contributed by atoms with E-state index in [-0.39, 0.29) is 11.9 Å². The van der Waals surface area contributed by atoms with Crippen molar-refractivity contribution >= 4 is 22.6 Å². The fourth-order valence-corrected chi connectivity index (χ4v) is 2.27. The van der Waals surface area contributed by atoms with Gasteiger partial charge in [-0.15, -0.1) is 0 Å². The fourth-order valence-electron chi connectivity index (χ4n) is 2.27. The standard InChI is InChI=1S/C15H16N4O/c1-10(2)19-9-5-8-13(19)15(20)16-14-11-6-3-4-7-12(11)17-18-14/h3-10H,1-2H3,(H2,16,17,18,20). The van der Waals surface area contributed by atoms with Crippen LogP contribution in [0.5, 0.6) is 0 Å². The predicted molar refractivity (Wildman–Crippen MR) is 78.9 cm³/mol. The Morgan fingerprint density at radius 1 is 1.25 bits per heavy atom. The molecule has 102 valence electrons. The van der Waals surface area contributed by atoms with Gasteiger partial charge >= 0.3 is 0 Å². The van der Waals surface area contributed by atoms with Gasteiger partial charge in [0.25, 0.3) is 5.91 Å². The molecule has 0 aliphatic heterocycles. The lowest BCUT2D eigenvalue weighted by molar-refractivity contribution is 0.101. The maximum absolute atomic E-state index is 12.4. The molecular formula is C15H16N4O. The molecule has 0 spiro atoms. The molecule has 0 bridgehead atoms. The molecule has 0 fully saturated rings. The molecule has 2 aromatic heterocycles. The van der Waals surface area contributed by atoms with E-state index in [0.29, 0.717) is 11.5 Å². The molecule has 0 aliphatic rings. The van der Waals surface area contributed by atoms with Gasteiger partial charge in [0.05, 0.1) is 5.52 Å². The zero-order chi connectivity index (χ0) is 14.1. The SMILES string of the molecule is CC(C)n1cccc1C(=O)Nc1n[nH]c2ccccc12. The fraction of sp³-hybridized carbons (Fsp3) is 0.200. The van der Waals surface area contributed by atoms with E-state index in [1.165, 1.54) is 0 Å². The minimum absolute atomic E-state index is 0.152. The first-order chi connectivity index (χ1) is 9.66. The first-order valence-electron chi connectivity index (χ1n) is 6.58. The number of anilines is 1.